The molecule has 0 spiro atoms. The third kappa shape index (κ3) is 3.43. The average molecular weight is 374 g/mol. The minimum absolute atomic E-state index is 0.849. The number of hydrogen-bond acceptors (Lipinski definition) is 3. The van der Waals surface area contributed by atoms with Gasteiger partial charge in [0.2, 0.25) is 0 Å². The van der Waals surface area contributed by atoms with Gasteiger partial charge in [0.05, 0.1) is 11.6 Å². The molecular formula is C19H20BrNO2. The van der Waals surface area contributed by atoms with E-state index in [9.17, 15) is 0 Å². The lowest BCUT2D eigenvalue weighted by Gasteiger charge is -2.17. The summed E-state index contributed by atoms with van der Waals surface area (Å²) in [4.78, 5) is 2.29. The Morgan fingerprint density at radius 2 is 1.83 bits per heavy atom. The number of methoxy groups -OCH3 is 1. The Kier molecular flexibility index (Phi) is 4.74. The van der Waals surface area contributed by atoms with Crippen molar-refractivity contribution in [3.05, 3.63) is 63.8 Å². The molecule has 0 bridgehead atoms. The topological polar surface area (TPSA) is 25.6 Å². The zero-order valence-corrected chi connectivity index (χ0v) is 15.2. The predicted molar refractivity (Wildman–Crippen MR) is 96.8 cm³/mol. The van der Waals surface area contributed by atoms with Gasteiger partial charge in [0.15, 0.2) is 0 Å². The standard InChI is InChI=1S/C19H20BrNO2/c1-13-17(16-5-4-6-18(20)19(16)23-13)12-21(2)11-14-7-9-15(22-3)10-8-14/h4-10H,11-12H2,1-3H3. The van der Waals surface area contributed by atoms with Crippen molar-refractivity contribution in [3.63, 3.8) is 0 Å². The quantitative estimate of drug-likeness (QED) is 0.618. The summed E-state index contributed by atoms with van der Waals surface area (Å²) in [7, 11) is 3.81. The maximum absolute atomic E-state index is 5.92. The van der Waals surface area contributed by atoms with E-state index < -0.39 is 0 Å². The number of halogens is 1. The monoisotopic (exact) mass is 373 g/mol. The first-order valence-electron chi connectivity index (χ1n) is 7.56. The second-order valence-electron chi connectivity index (χ2n) is 5.77. The minimum atomic E-state index is 0.849. The van der Waals surface area contributed by atoms with Crippen LogP contribution in [0.5, 0.6) is 5.75 Å². The van der Waals surface area contributed by atoms with E-state index in [1.165, 1.54) is 16.5 Å². The van der Waals surface area contributed by atoms with Gasteiger partial charge in [0, 0.05) is 24.0 Å². The molecule has 1 heterocycles. The number of ether oxygens (including phenoxy) is 1. The van der Waals surface area contributed by atoms with Crippen LogP contribution in [0, 0.1) is 6.92 Å². The first-order valence-corrected chi connectivity index (χ1v) is 8.35. The van der Waals surface area contributed by atoms with Crippen LogP contribution < -0.4 is 4.74 Å². The fraction of sp³-hybridized carbons (Fsp3) is 0.263. The molecule has 4 heteroatoms. The van der Waals surface area contributed by atoms with E-state index in [0.29, 0.717) is 0 Å². The molecule has 0 aliphatic rings. The summed E-state index contributed by atoms with van der Waals surface area (Å²) >= 11 is 3.56. The molecule has 23 heavy (non-hydrogen) atoms. The van der Waals surface area contributed by atoms with Crippen LogP contribution in [0.3, 0.4) is 0 Å². The van der Waals surface area contributed by atoms with Gasteiger partial charge in [-0.2, -0.15) is 0 Å². The summed E-state index contributed by atoms with van der Waals surface area (Å²) in [6.07, 6.45) is 0. The summed E-state index contributed by atoms with van der Waals surface area (Å²) in [6.45, 7) is 3.76. The smallest absolute Gasteiger partial charge is 0.148 e. The molecule has 120 valence electrons. The molecule has 2 aromatic carbocycles. The van der Waals surface area contributed by atoms with Crippen molar-refractivity contribution < 1.29 is 9.15 Å². The van der Waals surface area contributed by atoms with Crippen LogP contribution in [-0.4, -0.2) is 19.1 Å². The number of hydrogen-bond donors (Lipinski definition) is 0. The Hall–Kier alpha value is -1.78. The Labute approximate surface area is 145 Å². The number of rotatable bonds is 5. The second-order valence-corrected chi connectivity index (χ2v) is 6.63. The maximum Gasteiger partial charge on any atom is 0.148 e. The molecule has 3 nitrogen and oxygen atoms in total. The molecule has 0 radical (unpaired) electrons. The first-order chi connectivity index (χ1) is 11.1. The van der Waals surface area contributed by atoms with Crippen LogP contribution in [0.2, 0.25) is 0 Å². The lowest BCUT2D eigenvalue weighted by Crippen LogP contribution is -2.17. The van der Waals surface area contributed by atoms with Gasteiger partial charge >= 0.3 is 0 Å². The van der Waals surface area contributed by atoms with E-state index in [-0.39, 0.29) is 0 Å². The molecule has 0 saturated heterocycles. The zero-order chi connectivity index (χ0) is 16.4. The number of aryl methyl sites for hydroxylation is 1. The fourth-order valence-corrected chi connectivity index (χ4v) is 3.27. The van der Waals surface area contributed by atoms with Crippen molar-refractivity contribution in [2.24, 2.45) is 0 Å². The maximum atomic E-state index is 5.92. The van der Waals surface area contributed by atoms with Gasteiger partial charge in [-0.05, 0) is 53.7 Å². The number of fused-ring (bicyclic) bond motifs is 1. The lowest BCUT2D eigenvalue weighted by atomic mass is 10.1. The van der Waals surface area contributed by atoms with Crippen molar-refractivity contribution in [3.8, 4) is 5.75 Å². The van der Waals surface area contributed by atoms with Crippen molar-refractivity contribution in [2.75, 3.05) is 14.2 Å². The van der Waals surface area contributed by atoms with E-state index >= 15 is 0 Å². The first kappa shape index (κ1) is 16.1. The highest BCUT2D eigenvalue weighted by Gasteiger charge is 2.14. The van der Waals surface area contributed by atoms with Crippen molar-refractivity contribution >= 4 is 26.9 Å². The van der Waals surface area contributed by atoms with Gasteiger partial charge in [0.1, 0.15) is 17.1 Å². The van der Waals surface area contributed by atoms with Crippen LogP contribution >= 0.6 is 15.9 Å². The molecule has 3 aromatic rings. The van der Waals surface area contributed by atoms with Gasteiger partial charge in [-0.1, -0.05) is 24.3 Å². The van der Waals surface area contributed by atoms with Crippen molar-refractivity contribution in [1.82, 2.24) is 4.90 Å². The largest absolute Gasteiger partial charge is 0.497 e. The third-order valence-corrected chi connectivity index (χ3v) is 4.64. The lowest BCUT2D eigenvalue weighted by molar-refractivity contribution is 0.317. The van der Waals surface area contributed by atoms with Gasteiger partial charge in [-0.15, -0.1) is 0 Å². The van der Waals surface area contributed by atoms with E-state index in [0.717, 1.165) is 34.7 Å². The second kappa shape index (κ2) is 6.77. The van der Waals surface area contributed by atoms with Gasteiger partial charge in [-0.3, -0.25) is 4.90 Å². The molecule has 0 amide bonds. The number of furan rings is 1. The van der Waals surface area contributed by atoms with Crippen LogP contribution in [0.4, 0.5) is 0 Å². The predicted octanol–water partition coefficient (Wildman–Crippen LogP) is 5.14. The minimum Gasteiger partial charge on any atom is -0.497 e. The highest BCUT2D eigenvalue weighted by atomic mass is 79.9. The average Bonchev–Trinajstić information content (AvgIpc) is 2.86. The fourth-order valence-electron chi connectivity index (χ4n) is 2.82. The Balaban J connectivity index is 1.78. The molecule has 0 saturated carbocycles. The highest BCUT2D eigenvalue weighted by molar-refractivity contribution is 9.10. The molecule has 0 fully saturated rings. The normalized spacial score (nSPS) is 11.3. The molecule has 0 aliphatic heterocycles. The summed E-state index contributed by atoms with van der Waals surface area (Å²) in [6, 6.07) is 14.4. The highest BCUT2D eigenvalue weighted by Crippen LogP contribution is 2.31. The van der Waals surface area contributed by atoms with Crippen molar-refractivity contribution in [2.45, 2.75) is 20.0 Å². The van der Waals surface area contributed by atoms with E-state index in [4.69, 9.17) is 9.15 Å². The number of para-hydroxylation sites is 1. The van der Waals surface area contributed by atoms with Gasteiger partial charge < -0.3 is 9.15 Å². The Bertz CT molecular complexity index is 808. The molecule has 3 rings (SSSR count). The van der Waals surface area contributed by atoms with Crippen molar-refractivity contribution in [1.29, 1.82) is 0 Å². The van der Waals surface area contributed by atoms with Gasteiger partial charge in [-0.25, -0.2) is 0 Å². The van der Waals surface area contributed by atoms with Crippen LogP contribution in [0.15, 0.2) is 51.4 Å². The molecule has 1 aromatic heterocycles. The van der Waals surface area contributed by atoms with E-state index in [2.05, 4.69) is 46.1 Å². The van der Waals surface area contributed by atoms with E-state index in [1.807, 2.05) is 31.2 Å². The summed E-state index contributed by atoms with van der Waals surface area (Å²) in [5.41, 5.74) is 3.44. The molecule has 0 aliphatic carbocycles. The zero-order valence-electron chi connectivity index (χ0n) is 13.6. The summed E-state index contributed by atoms with van der Waals surface area (Å²) in [5, 5.41) is 1.18. The van der Waals surface area contributed by atoms with Gasteiger partial charge in [0.25, 0.3) is 0 Å². The Morgan fingerprint density at radius 1 is 1.09 bits per heavy atom. The summed E-state index contributed by atoms with van der Waals surface area (Å²) < 4.78 is 12.1. The molecular weight excluding hydrogens is 354 g/mol. The summed E-state index contributed by atoms with van der Waals surface area (Å²) in [5.74, 6) is 1.87. The van der Waals surface area contributed by atoms with E-state index in [1.54, 1.807) is 7.11 Å². The SMILES string of the molecule is COc1ccc(CN(C)Cc2c(C)oc3c(Br)cccc23)cc1. The number of benzene rings is 2. The van der Waals surface area contributed by atoms with Crippen LogP contribution in [0.25, 0.3) is 11.0 Å². The third-order valence-electron chi connectivity index (χ3n) is 4.01. The molecule has 0 N–H and O–H groups in total. The van der Waals surface area contributed by atoms with Crippen LogP contribution in [-0.2, 0) is 13.1 Å². The number of nitrogens with zero attached hydrogens (tertiary/aromatic N) is 1. The Morgan fingerprint density at radius 3 is 2.52 bits per heavy atom. The molecule has 0 atom stereocenters. The van der Waals surface area contributed by atoms with Crippen LogP contribution in [0.1, 0.15) is 16.9 Å². The molecule has 0 unspecified atom stereocenters.